The number of carbonyl (C=O) groups excluding carboxylic acids is 1. The Labute approximate surface area is 134 Å². The van der Waals surface area contributed by atoms with Crippen LogP contribution >= 0.6 is 27.3 Å². The molecule has 2 heterocycles. The van der Waals surface area contributed by atoms with Crippen LogP contribution in [0.1, 0.15) is 46.0 Å². The van der Waals surface area contributed by atoms with Crippen molar-refractivity contribution in [2.24, 2.45) is 0 Å². The zero-order valence-electron chi connectivity index (χ0n) is 11.9. The first-order valence-electron chi connectivity index (χ1n) is 6.74. The summed E-state index contributed by atoms with van der Waals surface area (Å²) in [4.78, 5) is 21.6. The lowest BCUT2D eigenvalue weighted by molar-refractivity contribution is 0.103. The number of aryl methyl sites for hydroxylation is 1. The van der Waals surface area contributed by atoms with E-state index in [1.54, 1.807) is 0 Å². The van der Waals surface area contributed by atoms with E-state index >= 15 is 0 Å². The second kappa shape index (κ2) is 4.05. The Morgan fingerprint density at radius 3 is 2.86 bits per heavy atom. The van der Waals surface area contributed by atoms with E-state index in [0.717, 1.165) is 36.6 Å². The van der Waals surface area contributed by atoms with Gasteiger partial charge in [-0.15, -0.1) is 11.3 Å². The number of nitrogens with zero attached hydrogens (tertiary/aromatic N) is 1. The number of hydrogen-bond donors (Lipinski definition) is 1. The zero-order valence-corrected chi connectivity index (χ0v) is 14.3. The normalized spacial score (nSPS) is 16.1. The van der Waals surface area contributed by atoms with Crippen molar-refractivity contribution < 1.29 is 4.79 Å². The molecule has 5 heteroatoms. The molecule has 0 saturated carbocycles. The van der Waals surface area contributed by atoms with Gasteiger partial charge in [0.05, 0.1) is 11.3 Å². The molecule has 0 atom stereocenters. The van der Waals surface area contributed by atoms with Gasteiger partial charge >= 0.3 is 0 Å². The first-order valence-corrected chi connectivity index (χ1v) is 8.35. The highest BCUT2D eigenvalue weighted by Crippen LogP contribution is 2.45. The summed E-state index contributed by atoms with van der Waals surface area (Å²) in [6, 6.07) is 6.18. The number of fused-ring (bicyclic) bond motifs is 4. The molecule has 0 bridgehead atoms. The minimum atomic E-state index is -0.298. The number of thiazole rings is 1. The van der Waals surface area contributed by atoms with Gasteiger partial charge in [0.2, 0.25) is 5.78 Å². The molecule has 1 aliphatic carbocycles. The monoisotopic (exact) mass is 360 g/mol. The van der Waals surface area contributed by atoms with E-state index in [1.807, 2.05) is 6.07 Å². The van der Waals surface area contributed by atoms with Crippen LogP contribution in [0.25, 0.3) is 10.9 Å². The van der Waals surface area contributed by atoms with Gasteiger partial charge in [-0.1, -0.05) is 12.1 Å². The van der Waals surface area contributed by atoms with Gasteiger partial charge < -0.3 is 4.98 Å². The minimum Gasteiger partial charge on any atom is -0.357 e. The van der Waals surface area contributed by atoms with Gasteiger partial charge in [-0.3, -0.25) is 4.79 Å². The summed E-state index contributed by atoms with van der Waals surface area (Å²) in [5.74, 6) is 0.0811. The average molecular weight is 361 g/mol. The number of ketones is 1. The van der Waals surface area contributed by atoms with Gasteiger partial charge in [0, 0.05) is 22.0 Å². The fraction of sp³-hybridized carbons (Fsp3) is 0.250. The van der Waals surface area contributed by atoms with Crippen molar-refractivity contribution in [2.45, 2.75) is 26.2 Å². The molecule has 0 saturated heterocycles. The van der Waals surface area contributed by atoms with E-state index in [4.69, 9.17) is 0 Å². The molecule has 1 N–H and O–H groups in total. The number of aromatic amines is 1. The fourth-order valence-corrected chi connectivity index (χ4v) is 4.68. The molecule has 0 amide bonds. The highest BCUT2D eigenvalue weighted by atomic mass is 79.9. The summed E-state index contributed by atoms with van der Waals surface area (Å²) in [7, 11) is 0. The van der Waals surface area contributed by atoms with E-state index in [2.05, 4.69) is 58.8 Å². The summed E-state index contributed by atoms with van der Waals surface area (Å²) in [6.45, 7) is 6.29. The molecular weight excluding hydrogens is 348 g/mol. The quantitative estimate of drug-likeness (QED) is 0.638. The van der Waals surface area contributed by atoms with Gasteiger partial charge in [-0.25, -0.2) is 4.98 Å². The van der Waals surface area contributed by atoms with Crippen LogP contribution in [0.5, 0.6) is 0 Å². The second-order valence-corrected chi connectivity index (χ2v) is 8.30. The maximum Gasteiger partial charge on any atom is 0.207 e. The van der Waals surface area contributed by atoms with E-state index in [9.17, 15) is 4.79 Å². The maximum absolute atomic E-state index is 12.9. The topological polar surface area (TPSA) is 45.8 Å². The number of rotatable bonds is 0. The molecule has 3 nitrogen and oxygen atoms in total. The lowest BCUT2D eigenvalue weighted by Gasteiger charge is -2.28. The molecular formula is C16H13BrN2OS. The molecule has 21 heavy (non-hydrogen) atoms. The number of halogens is 1. The van der Waals surface area contributed by atoms with Gasteiger partial charge in [0.15, 0.2) is 3.92 Å². The fourth-order valence-electron chi connectivity index (χ4n) is 3.12. The SMILES string of the molecule is Cc1ccc2c3c([nH]c2c1)C(C)(C)c1nc(Br)sc1C3=O. The molecule has 0 radical (unpaired) electrons. The number of hydrogen-bond acceptors (Lipinski definition) is 3. The third-order valence-corrected chi connectivity index (χ3v) is 5.71. The average Bonchev–Trinajstić information content (AvgIpc) is 2.98. The van der Waals surface area contributed by atoms with E-state index in [1.165, 1.54) is 16.9 Å². The van der Waals surface area contributed by atoms with Crippen molar-refractivity contribution in [3.63, 3.8) is 0 Å². The Hall–Kier alpha value is -1.46. The smallest absolute Gasteiger partial charge is 0.207 e. The largest absolute Gasteiger partial charge is 0.357 e. The third kappa shape index (κ3) is 1.64. The molecule has 0 fully saturated rings. The van der Waals surface area contributed by atoms with E-state index in [0.29, 0.717) is 0 Å². The summed E-state index contributed by atoms with van der Waals surface area (Å²) < 4.78 is 0.763. The van der Waals surface area contributed by atoms with Crippen molar-refractivity contribution in [3.05, 3.63) is 49.5 Å². The van der Waals surface area contributed by atoms with Crippen molar-refractivity contribution >= 4 is 44.0 Å². The summed E-state index contributed by atoms with van der Waals surface area (Å²) in [6.07, 6.45) is 0. The van der Waals surface area contributed by atoms with E-state index in [-0.39, 0.29) is 11.2 Å². The molecule has 1 aromatic carbocycles. The Morgan fingerprint density at radius 2 is 2.10 bits per heavy atom. The molecule has 106 valence electrons. The lowest BCUT2D eigenvalue weighted by atomic mass is 9.77. The summed E-state index contributed by atoms with van der Waals surface area (Å²) >= 11 is 4.83. The highest BCUT2D eigenvalue weighted by molar-refractivity contribution is 9.11. The highest BCUT2D eigenvalue weighted by Gasteiger charge is 2.42. The number of aromatic nitrogens is 2. The van der Waals surface area contributed by atoms with Crippen molar-refractivity contribution in [1.82, 2.24) is 9.97 Å². The van der Waals surface area contributed by atoms with Crippen LogP contribution < -0.4 is 0 Å². The van der Waals surface area contributed by atoms with Crippen molar-refractivity contribution in [1.29, 1.82) is 0 Å². The lowest BCUT2D eigenvalue weighted by Crippen LogP contribution is -2.29. The third-order valence-electron chi connectivity index (χ3n) is 4.21. The van der Waals surface area contributed by atoms with Crippen molar-refractivity contribution in [3.8, 4) is 0 Å². The van der Waals surface area contributed by atoms with Crippen LogP contribution in [-0.2, 0) is 5.41 Å². The number of carbonyl (C=O) groups is 1. The van der Waals surface area contributed by atoms with Crippen LogP contribution in [-0.4, -0.2) is 15.8 Å². The Balaban J connectivity index is 2.12. The number of benzene rings is 1. The minimum absolute atomic E-state index is 0.0811. The van der Waals surface area contributed by atoms with Gasteiger partial charge in [-0.05, 0) is 48.3 Å². The van der Waals surface area contributed by atoms with Gasteiger partial charge in [0.1, 0.15) is 4.88 Å². The van der Waals surface area contributed by atoms with Gasteiger partial charge in [-0.2, -0.15) is 0 Å². The zero-order chi connectivity index (χ0) is 14.9. The predicted molar refractivity (Wildman–Crippen MR) is 88.4 cm³/mol. The molecule has 1 aliphatic rings. The second-order valence-electron chi connectivity index (χ2n) is 6.02. The number of nitrogens with one attached hydrogen (secondary N) is 1. The summed E-state index contributed by atoms with van der Waals surface area (Å²) in [5, 5.41) is 1.00. The molecule has 2 aromatic heterocycles. The first-order chi connectivity index (χ1) is 9.89. The van der Waals surface area contributed by atoms with Crippen LogP contribution in [0.3, 0.4) is 0 Å². The van der Waals surface area contributed by atoms with Crippen molar-refractivity contribution in [2.75, 3.05) is 0 Å². The van der Waals surface area contributed by atoms with E-state index < -0.39 is 0 Å². The predicted octanol–water partition coefficient (Wildman–Crippen LogP) is 4.57. The van der Waals surface area contributed by atoms with Crippen LogP contribution in [0.2, 0.25) is 0 Å². The molecule has 0 unspecified atom stereocenters. The van der Waals surface area contributed by atoms with Gasteiger partial charge in [0.25, 0.3) is 0 Å². The standard InChI is InChI=1S/C16H13BrN2OS/c1-7-4-5-8-9(6-7)18-13-10(8)11(20)12-14(16(13,2)3)19-15(17)21-12/h4-6,18H,1-3H3. The molecule has 0 spiro atoms. The molecule has 4 rings (SSSR count). The summed E-state index contributed by atoms with van der Waals surface area (Å²) in [5.41, 5.74) is 4.54. The number of H-pyrrole nitrogens is 1. The Bertz CT molecular complexity index is 920. The molecule has 0 aliphatic heterocycles. The van der Waals surface area contributed by atoms with Crippen LogP contribution in [0.4, 0.5) is 0 Å². The maximum atomic E-state index is 12.9. The Kier molecular flexibility index (Phi) is 2.55. The Morgan fingerprint density at radius 1 is 1.33 bits per heavy atom. The first kappa shape index (κ1) is 13.2. The van der Waals surface area contributed by atoms with Crippen LogP contribution in [0.15, 0.2) is 22.1 Å². The molecule has 3 aromatic rings. The van der Waals surface area contributed by atoms with Crippen LogP contribution in [0, 0.1) is 6.92 Å².